The molecule has 3 aromatic rings. The van der Waals surface area contributed by atoms with E-state index in [1.807, 2.05) is 12.1 Å². The van der Waals surface area contributed by atoms with E-state index in [0.717, 1.165) is 43.9 Å². The Morgan fingerprint density at radius 2 is 1.76 bits per heavy atom. The van der Waals surface area contributed by atoms with Gasteiger partial charge in [-0.25, -0.2) is 4.98 Å². The van der Waals surface area contributed by atoms with Crippen LogP contribution < -0.4 is 15.5 Å². The van der Waals surface area contributed by atoms with Crippen molar-refractivity contribution >= 4 is 47.0 Å². The smallest absolute Gasteiger partial charge is 0.383 e. The van der Waals surface area contributed by atoms with E-state index in [2.05, 4.69) is 20.5 Å². The molecule has 41 heavy (non-hydrogen) atoms. The predicted octanol–water partition coefficient (Wildman–Crippen LogP) is 5.60. The molecule has 7 nitrogen and oxygen atoms in total. The Labute approximate surface area is 241 Å². The number of hydrogen-bond acceptors (Lipinski definition) is 5. The van der Waals surface area contributed by atoms with E-state index in [1.54, 1.807) is 30.5 Å². The van der Waals surface area contributed by atoms with Crippen LogP contribution in [0.2, 0.25) is 0 Å². The van der Waals surface area contributed by atoms with Crippen molar-refractivity contribution in [1.82, 2.24) is 4.98 Å². The summed E-state index contributed by atoms with van der Waals surface area (Å²) in [5, 5.41) is 15.3. The van der Waals surface area contributed by atoms with E-state index in [-0.39, 0.29) is 18.8 Å². The lowest BCUT2D eigenvalue weighted by molar-refractivity contribution is -0.137. The topological polar surface area (TPSA) is 94.6 Å². The van der Waals surface area contributed by atoms with Gasteiger partial charge in [0.05, 0.1) is 5.56 Å². The van der Waals surface area contributed by atoms with E-state index < -0.39 is 29.7 Å². The van der Waals surface area contributed by atoms with Gasteiger partial charge in [-0.2, -0.15) is 13.2 Å². The lowest BCUT2D eigenvalue weighted by atomic mass is 9.97. The van der Waals surface area contributed by atoms with Gasteiger partial charge in [-0.15, -0.1) is 12.4 Å². The highest BCUT2D eigenvalue weighted by atomic mass is 35.5. The number of allylic oxidation sites excluding steroid dienone is 2. The molecular formula is C30H28ClF3N4O3. The van der Waals surface area contributed by atoms with E-state index in [0.29, 0.717) is 33.6 Å². The van der Waals surface area contributed by atoms with Crippen LogP contribution in [0.3, 0.4) is 0 Å². The predicted molar refractivity (Wildman–Crippen MR) is 154 cm³/mol. The maximum absolute atomic E-state index is 13.1. The van der Waals surface area contributed by atoms with E-state index in [9.17, 15) is 27.9 Å². The molecule has 0 bridgehead atoms. The van der Waals surface area contributed by atoms with Crippen LogP contribution in [0.5, 0.6) is 0 Å². The van der Waals surface area contributed by atoms with Crippen molar-refractivity contribution in [2.75, 3.05) is 28.6 Å². The number of carbonyl (C=O) groups is 2. The van der Waals surface area contributed by atoms with Crippen molar-refractivity contribution in [3.05, 3.63) is 101 Å². The fourth-order valence-corrected chi connectivity index (χ4v) is 4.83. The minimum Gasteiger partial charge on any atom is -0.383 e. The molecule has 11 heteroatoms. The Morgan fingerprint density at radius 3 is 2.41 bits per heavy atom. The Hall–Kier alpha value is -4.15. The van der Waals surface area contributed by atoms with Crippen LogP contribution in [0.1, 0.15) is 35.1 Å². The van der Waals surface area contributed by atoms with Crippen LogP contribution in [0.25, 0.3) is 5.57 Å². The first kappa shape index (κ1) is 29.8. The molecule has 2 aliphatic heterocycles. The lowest BCUT2D eigenvalue weighted by Crippen LogP contribution is -2.34. The number of nitrogens with zero attached hydrogens (tertiary/aromatic N) is 2. The number of rotatable bonds is 6. The Morgan fingerprint density at radius 1 is 1.05 bits per heavy atom. The molecule has 0 aliphatic carbocycles. The molecule has 5 rings (SSSR count). The molecule has 0 spiro atoms. The summed E-state index contributed by atoms with van der Waals surface area (Å²) in [7, 11) is 0. The van der Waals surface area contributed by atoms with Crippen molar-refractivity contribution in [3.63, 3.8) is 0 Å². The lowest BCUT2D eigenvalue weighted by Gasteiger charge is -2.23. The minimum absolute atomic E-state index is 0. The Bertz CT molecular complexity index is 1470. The van der Waals surface area contributed by atoms with Crippen molar-refractivity contribution in [3.8, 4) is 0 Å². The number of carbonyl (C=O) groups excluding carboxylic acids is 2. The van der Waals surface area contributed by atoms with Gasteiger partial charge in [-0.1, -0.05) is 30.4 Å². The number of hydrogen-bond donors (Lipinski definition) is 3. The number of fused-ring (bicyclic) bond motifs is 1. The minimum atomic E-state index is -4.45. The normalized spacial score (nSPS) is 17.2. The fraction of sp³-hybridized carbons (Fsp3) is 0.233. The molecule has 1 aromatic heterocycles. The zero-order valence-corrected chi connectivity index (χ0v) is 22.6. The van der Waals surface area contributed by atoms with E-state index in [4.69, 9.17) is 0 Å². The second kappa shape index (κ2) is 12.6. The van der Waals surface area contributed by atoms with Crippen LogP contribution in [-0.4, -0.2) is 41.1 Å². The third-order valence-electron chi connectivity index (χ3n) is 6.91. The molecular weight excluding hydrogens is 557 g/mol. The summed E-state index contributed by atoms with van der Waals surface area (Å²) >= 11 is 0. The van der Waals surface area contributed by atoms with Crippen molar-refractivity contribution in [2.45, 2.75) is 31.5 Å². The molecule has 2 aromatic carbocycles. The molecule has 1 atom stereocenters. The van der Waals surface area contributed by atoms with E-state index in [1.165, 1.54) is 24.3 Å². The Balaban J connectivity index is 0.00000387. The first-order chi connectivity index (χ1) is 19.2. The molecule has 1 unspecified atom stereocenters. The summed E-state index contributed by atoms with van der Waals surface area (Å²) in [5.41, 5.74) is 2.67. The number of aromatic nitrogens is 1. The number of alkyl halides is 3. The first-order valence-corrected chi connectivity index (χ1v) is 12.9. The van der Waals surface area contributed by atoms with E-state index >= 15 is 0 Å². The molecule has 1 fully saturated rings. The molecule has 0 saturated carbocycles. The van der Waals surface area contributed by atoms with Crippen LogP contribution in [0.15, 0.2) is 79.0 Å². The van der Waals surface area contributed by atoms with Crippen LogP contribution in [-0.2, 0) is 22.2 Å². The van der Waals surface area contributed by atoms with Crippen molar-refractivity contribution in [1.29, 1.82) is 0 Å². The summed E-state index contributed by atoms with van der Waals surface area (Å²) in [4.78, 5) is 31.2. The monoisotopic (exact) mass is 584 g/mol. The summed E-state index contributed by atoms with van der Waals surface area (Å²) in [5.74, 6) is -0.111. The number of pyridine rings is 1. The maximum atomic E-state index is 13.1. The number of amides is 2. The van der Waals surface area contributed by atoms with Gasteiger partial charge in [-0.3, -0.25) is 9.59 Å². The largest absolute Gasteiger partial charge is 0.416 e. The van der Waals surface area contributed by atoms with Crippen molar-refractivity contribution < 1.29 is 27.9 Å². The van der Waals surface area contributed by atoms with Gasteiger partial charge in [0, 0.05) is 54.3 Å². The highest BCUT2D eigenvalue weighted by Gasteiger charge is 2.30. The van der Waals surface area contributed by atoms with Crippen LogP contribution >= 0.6 is 12.4 Å². The third kappa shape index (κ3) is 6.96. The number of benzene rings is 2. The Kier molecular flexibility index (Phi) is 9.14. The molecule has 3 heterocycles. The summed E-state index contributed by atoms with van der Waals surface area (Å²) in [6, 6.07) is 13.6. The van der Waals surface area contributed by atoms with Gasteiger partial charge in [-0.05, 0) is 60.4 Å². The van der Waals surface area contributed by atoms with Gasteiger partial charge in [0.1, 0.15) is 11.9 Å². The maximum Gasteiger partial charge on any atom is 0.416 e. The van der Waals surface area contributed by atoms with Gasteiger partial charge in [0.15, 0.2) is 0 Å². The standard InChI is InChI=1S/C30H27F3N4O3.ClH/c31-30(32,33)21-12-9-19(10-13-21)22(20-11-14-27(34-18-20)37-15-1-2-16-37)5-3-8-28(39)35-24-6-4-7-25-23(24)17-26(38)29(40)36-25;/h3-14,18,26,38H,1-2,15-17H2,(H,35,39)(H,36,40);1H/b8-3+,22-5-;. The van der Waals surface area contributed by atoms with Gasteiger partial charge in [0.25, 0.3) is 5.91 Å². The third-order valence-corrected chi connectivity index (χ3v) is 6.91. The zero-order chi connectivity index (χ0) is 28.3. The molecule has 214 valence electrons. The fourth-order valence-electron chi connectivity index (χ4n) is 4.83. The second-order valence-electron chi connectivity index (χ2n) is 9.64. The SMILES string of the molecule is Cl.O=C(/C=C/C=C(/c1ccc(C(F)(F)F)cc1)c1ccc(N2CCCC2)nc1)Nc1cccc2c1CC(O)C(=O)N2. The van der Waals surface area contributed by atoms with Gasteiger partial charge in [0.2, 0.25) is 5.91 Å². The average Bonchev–Trinajstić information content (AvgIpc) is 3.47. The molecule has 1 saturated heterocycles. The van der Waals surface area contributed by atoms with Gasteiger partial charge >= 0.3 is 6.18 Å². The summed E-state index contributed by atoms with van der Waals surface area (Å²) < 4.78 is 39.4. The molecule has 2 amide bonds. The summed E-state index contributed by atoms with van der Waals surface area (Å²) in [6.07, 6.45) is 2.77. The van der Waals surface area contributed by atoms with Crippen LogP contribution in [0.4, 0.5) is 30.4 Å². The van der Waals surface area contributed by atoms with Crippen molar-refractivity contribution in [2.24, 2.45) is 0 Å². The number of nitrogens with one attached hydrogen (secondary N) is 2. The zero-order valence-electron chi connectivity index (χ0n) is 21.8. The second-order valence-corrected chi connectivity index (χ2v) is 9.64. The number of halogens is 4. The first-order valence-electron chi connectivity index (χ1n) is 12.9. The van der Waals surface area contributed by atoms with Crippen LogP contribution in [0, 0.1) is 0 Å². The average molecular weight is 585 g/mol. The highest BCUT2D eigenvalue weighted by molar-refractivity contribution is 6.03. The number of anilines is 3. The number of aliphatic hydroxyl groups is 1. The quantitative estimate of drug-likeness (QED) is 0.259. The molecule has 3 N–H and O–H groups in total. The molecule has 0 radical (unpaired) electrons. The molecule has 2 aliphatic rings. The highest BCUT2D eigenvalue weighted by Crippen LogP contribution is 2.32. The number of aliphatic hydroxyl groups excluding tert-OH is 1. The van der Waals surface area contributed by atoms with Gasteiger partial charge < -0.3 is 20.6 Å². The summed E-state index contributed by atoms with van der Waals surface area (Å²) in [6.45, 7) is 1.86.